The summed E-state index contributed by atoms with van der Waals surface area (Å²) in [5.74, 6) is 0. The van der Waals surface area contributed by atoms with E-state index in [2.05, 4.69) is 83.3 Å². The van der Waals surface area contributed by atoms with Crippen LogP contribution in [0, 0.1) is 0 Å². The monoisotopic (exact) mass is 329 g/mol. The van der Waals surface area contributed by atoms with Crippen molar-refractivity contribution < 1.29 is 0 Å². The largest absolute Gasteiger partial charge is 0.308 e. The third kappa shape index (κ3) is 1.33. The van der Waals surface area contributed by atoms with Crippen LogP contribution in [0.4, 0.5) is 0 Å². The number of rotatable bonds is 0. The Morgan fingerprint density at radius 2 is 1.31 bits per heavy atom. The van der Waals surface area contributed by atoms with Gasteiger partial charge in [0.05, 0.1) is 16.6 Å². The van der Waals surface area contributed by atoms with Crippen molar-refractivity contribution in [3.8, 4) is 11.1 Å². The van der Waals surface area contributed by atoms with Gasteiger partial charge in [0, 0.05) is 21.5 Å². The van der Waals surface area contributed by atoms with Crippen molar-refractivity contribution in [2.45, 2.75) is 6.42 Å². The Morgan fingerprint density at radius 1 is 0.615 bits per heavy atom. The van der Waals surface area contributed by atoms with Gasteiger partial charge in [-0.15, -0.1) is 0 Å². The molecule has 2 heterocycles. The van der Waals surface area contributed by atoms with Gasteiger partial charge in [-0.1, -0.05) is 60.7 Å². The molecule has 0 amide bonds. The fourth-order valence-electron chi connectivity index (χ4n) is 5.15. The van der Waals surface area contributed by atoms with Gasteiger partial charge >= 0.3 is 0 Å². The number of hydrogen-bond acceptors (Lipinski definition) is 0. The average Bonchev–Trinajstić information content (AvgIpc) is 3.33. The fraction of sp³-hybridized carbons (Fsp3) is 0.0400. The zero-order chi connectivity index (χ0) is 16.8. The van der Waals surface area contributed by atoms with Crippen molar-refractivity contribution in [2.24, 2.45) is 0 Å². The molecule has 120 valence electrons. The number of nitrogens with zero attached hydrogens (tertiary/aromatic N) is 1. The predicted octanol–water partition coefficient (Wildman–Crippen LogP) is 6.41. The summed E-state index contributed by atoms with van der Waals surface area (Å²) in [6.07, 6.45) is 1.04. The molecular weight excluding hydrogens is 314 g/mol. The van der Waals surface area contributed by atoms with Gasteiger partial charge in [0.2, 0.25) is 0 Å². The normalized spacial score (nSPS) is 13.2. The predicted molar refractivity (Wildman–Crippen MR) is 109 cm³/mol. The highest BCUT2D eigenvalue weighted by atomic mass is 14.9. The van der Waals surface area contributed by atoms with Crippen LogP contribution in [0.5, 0.6) is 0 Å². The van der Waals surface area contributed by atoms with Crippen molar-refractivity contribution in [2.75, 3.05) is 0 Å². The molecule has 2 aromatic heterocycles. The van der Waals surface area contributed by atoms with Crippen molar-refractivity contribution in [3.05, 3.63) is 90.0 Å². The van der Waals surface area contributed by atoms with E-state index < -0.39 is 0 Å². The van der Waals surface area contributed by atoms with E-state index >= 15 is 0 Å². The number of fused-ring (bicyclic) bond motifs is 10. The molecule has 0 saturated heterocycles. The molecule has 7 rings (SSSR count). The van der Waals surface area contributed by atoms with Crippen molar-refractivity contribution in [1.29, 1.82) is 0 Å². The first-order valence-electron chi connectivity index (χ1n) is 9.19. The lowest BCUT2D eigenvalue weighted by Crippen LogP contribution is -1.82. The molecule has 6 aromatic rings. The number of benzene rings is 4. The molecule has 0 bridgehead atoms. The molecule has 0 radical (unpaired) electrons. The summed E-state index contributed by atoms with van der Waals surface area (Å²) in [4.78, 5) is 0. The maximum atomic E-state index is 2.47. The van der Waals surface area contributed by atoms with E-state index in [4.69, 9.17) is 0 Å². The van der Waals surface area contributed by atoms with Crippen LogP contribution in [0.25, 0.3) is 49.2 Å². The molecule has 1 aliphatic carbocycles. The highest BCUT2D eigenvalue weighted by molar-refractivity contribution is 6.28. The Kier molecular flexibility index (Phi) is 2.12. The lowest BCUT2D eigenvalue weighted by atomic mass is 9.97. The minimum Gasteiger partial charge on any atom is -0.308 e. The van der Waals surface area contributed by atoms with Crippen LogP contribution in [-0.2, 0) is 6.42 Å². The highest BCUT2D eigenvalue weighted by Gasteiger charge is 2.26. The van der Waals surface area contributed by atoms with E-state index in [1.54, 1.807) is 0 Å². The summed E-state index contributed by atoms with van der Waals surface area (Å²) in [5.41, 5.74) is 9.77. The standard InChI is InChI=1S/C25H15N/c1-2-8-17-15(7-1)13-16-14-20-18-9-3-5-11-21(18)26-22-12-6-4-10-19(22)24(23(16)17)25(20)26/h1-12,14H,13H2. The first-order chi connectivity index (χ1) is 12.9. The van der Waals surface area contributed by atoms with Crippen LogP contribution in [0.3, 0.4) is 0 Å². The van der Waals surface area contributed by atoms with Gasteiger partial charge in [-0.2, -0.15) is 0 Å². The van der Waals surface area contributed by atoms with Crippen LogP contribution < -0.4 is 0 Å². The lowest BCUT2D eigenvalue weighted by Gasteiger charge is -2.05. The third-order valence-corrected chi connectivity index (χ3v) is 6.12. The Labute approximate surface area is 150 Å². The Balaban J connectivity index is 1.87. The SMILES string of the molecule is c1ccc2c(c1)Cc1cc3c4ccccc4n4c5ccccc5c(c1-2)c34. The second-order valence-corrected chi connectivity index (χ2v) is 7.39. The zero-order valence-corrected chi connectivity index (χ0v) is 14.2. The Hall–Kier alpha value is -3.32. The molecule has 1 heteroatoms. The molecule has 1 aliphatic rings. The maximum Gasteiger partial charge on any atom is 0.0626 e. The molecule has 0 saturated carbocycles. The van der Waals surface area contributed by atoms with E-state index in [0.29, 0.717) is 0 Å². The summed E-state index contributed by atoms with van der Waals surface area (Å²) in [5, 5.41) is 5.54. The van der Waals surface area contributed by atoms with Crippen molar-refractivity contribution >= 4 is 38.1 Å². The molecule has 0 N–H and O–H groups in total. The molecule has 0 atom stereocenters. The first kappa shape index (κ1) is 13.0. The van der Waals surface area contributed by atoms with E-state index in [9.17, 15) is 0 Å². The Bertz CT molecular complexity index is 1500. The quantitative estimate of drug-likeness (QED) is 0.303. The van der Waals surface area contributed by atoms with Crippen LogP contribution in [0.2, 0.25) is 0 Å². The van der Waals surface area contributed by atoms with E-state index in [1.165, 1.54) is 60.3 Å². The molecule has 0 unspecified atom stereocenters. The Morgan fingerprint density at radius 3 is 2.19 bits per heavy atom. The highest BCUT2D eigenvalue weighted by Crippen LogP contribution is 2.48. The van der Waals surface area contributed by atoms with Crippen LogP contribution >= 0.6 is 0 Å². The second-order valence-electron chi connectivity index (χ2n) is 7.39. The van der Waals surface area contributed by atoms with E-state index in [-0.39, 0.29) is 0 Å². The maximum absolute atomic E-state index is 2.47. The van der Waals surface area contributed by atoms with Gasteiger partial charge in [-0.05, 0) is 46.9 Å². The summed E-state index contributed by atoms with van der Waals surface area (Å²) in [7, 11) is 0. The van der Waals surface area contributed by atoms with Crippen LogP contribution in [0.1, 0.15) is 11.1 Å². The van der Waals surface area contributed by atoms with E-state index in [1.807, 2.05) is 0 Å². The van der Waals surface area contributed by atoms with Gasteiger partial charge in [0.1, 0.15) is 0 Å². The second kappa shape index (κ2) is 4.25. The van der Waals surface area contributed by atoms with E-state index in [0.717, 1.165) is 6.42 Å². The van der Waals surface area contributed by atoms with Crippen LogP contribution in [-0.4, -0.2) is 4.40 Å². The number of aromatic nitrogens is 1. The molecule has 4 aromatic carbocycles. The summed E-state index contributed by atoms with van der Waals surface area (Å²) < 4.78 is 2.47. The molecule has 0 spiro atoms. The minimum atomic E-state index is 1.04. The van der Waals surface area contributed by atoms with Crippen molar-refractivity contribution in [3.63, 3.8) is 0 Å². The zero-order valence-electron chi connectivity index (χ0n) is 14.2. The molecular formula is C25H15N. The molecule has 0 fully saturated rings. The summed E-state index contributed by atoms with van der Waals surface area (Å²) in [6.45, 7) is 0. The number of hydrogen-bond donors (Lipinski definition) is 0. The van der Waals surface area contributed by atoms with Gasteiger partial charge in [0.25, 0.3) is 0 Å². The van der Waals surface area contributed by atoms with Crippen LogP contribution in [0.15, 0.2) is 78.9 Å². The fourth-order valence-corrected chi connectivity index (χ4v) is 5.15. The molecule has 26 heavy (non-hydrogen) atoms. The smallest absolute Gasteiger partial charge is 0.0626 e. The topological polar surface area (TPSA) is 4.41 Å². The van der Waals surface area contributed by atoms with Gasteiger partial charge in [0.15, 0.2) is 0 Å². The summed E-state index contributed by atoms with van der Waals surface area (Å²) >= 11 is 0. The van der Waals surface area contributed by atoms with Crippen molar-refractivity contribution in [1.82, 2.24) is 4.40 Å². The van der Waals surface area contributed by atoms with Gasteiger partial charge < -0.3 is 4.40 Å². The molecule has 1 nitrogen and oxygen atoms in total. The third-order valence-electron chi connectivity index (χ3n) is 6.12. The van der Waals surface area contributed by atoms with Gasteiger partial charge in [-0.3, -0.25) is 0 Å². The minimum absolute atomic E-state index is 1.04. The first-order valence-corrected chi connectivity index (χ1v) is 9.19. The summed E-state index contributed by atoms with van der Waals surface area (Å²) in [6, 6.07) is 29.0. The number of para-hydroxylation sites is 2. The average molecular weight is 329 g/mol. The lowest BCUT2D eigenvalue weighted by molar-refractivity contribution is 1.27. The van der Waals surface area contributed by atoms with Gasteiger partial charge in [-0.25, -0.2) is 0 Å². The molecule has 0 aliphatic heterocycles.